The average molecular weight is 408 g/mol. The molecule has 7 heteroatoms. The van der Waals surface area contributed by atoms with Crippen LogP contribution >= 0.6 is 11.8 Å². The molecule has 0 spiro atoms. The molecule has 4 rings (SSSR count). The second-order valence-corrected chi connectivity index (χ2v) is 8.19. The number of carbonyl (C=O) groups excluding carboxylic acids is 1. The highest BCUT2D eigenvalue weighted by atomic mass is 32.2. The Balaban J connectivity index is 1.25. The van der Waals surface area contributed by atoms with Crippen LogP contribution in [0.4, 0.5) is 0 Å². The van der Waals surface area contributed by atoms with Gasteiger partial charge in [-0.2, -0.15) is 0 Å². The van der Waals surface area contributed by atoms with Crippen molar-refractivity contribution in [1.29, 1.82) is 0 Å². The van der Waals surface area contributed by atoms with E-state index < -0.39 is 0 Å². The lowest BCUT2D eigenvalue weighted by molar-refractivity contribution is -0.119. The molecule has 1 unspecified atom stereocenters. The normalized spacial score (nSPS) is 16.8. The van der Waals surface area contributed by atoms with Gasteiger partial charge in [-0.3, -0.25) is 9.69 Å². The molecule has 0 radical (unpaired) electrons. The van der Waals surface area contributed by atoms with Gasteiger partial charge >= 0.3 is 0 Å². The van der Waals surface area contributed by atoms with Crippen LogP contribution in [-0.4, -0.2) is 45.4 Å². The zero-order valence-corrected chi connectivity index (χ0v) is 17.0. The summed E-state index contributed by atoms with van der Waals surface area (Å²) in [6.45, 7) is 2.81. The molecule has 1 aliphatic rings. The van der Waals surface area contributed by atoms with E-state index in [9.17, 15) is 4.79 Å². The molecule has 1 fully saturated rings. The molecule has 29 heavy (non-hydrogen) atoms. The summed E-state index contributed by atoms with van der Waals surface area (Å²) < 4.78 is 1.48. The fourth-order valence-corrected chi connectivity index (χ4v) is 4.27. The van der Waals surface area contributed by atoms with Gasteiger partial charge in [0.25, 0.3) is 0 Å². The SMILES string of the molecule is Nn1cc(-c2ccccc2)nc1SCC(=O)NC1CCN(Cc2ccccc2)C1. The van der Waals surface area contributed by atoms with E-state index in [1.54, 1.807) is 6.20 Å². The van der Waals surface area contributed by atoms with Crippen LogP contribution in [0.25, 0.3) is 11.3 Å². The topological polar surface area (TPSA) is 76.2 Å². The summed E-state index contributed by atoms with van der Waals surface area (Å²) in [5, 5.41) is 3.78. The van der Waals surface area contributed by atoms with Crippen LogP contribution in [0, 0.1) is 0 Å². The number of benzene rings is 2. The smallest absolute Gasteiger partial charge is 0.230 e. The third-order valence-electron chi connectivity index (χ3n) is 4.99. The molecule has 2 aromatic carbocycles. The zero-order chi connectivity index (χ0) is 20.1. The molecule has 2 heterocycles. The molecule has 1 aliphatic heterocycles. The maximum Gasteiger partial charge on any atom is 0.230 e. The molecule has 0 saturated carbocycles. The van der Waals surface area contributed by atoms with Gasteiger partial charge in [0, 0.05) is 31.2 Å². The molecule has 0 aliphatic carbocycles. The summed E-state index contributed by atoms with van der Waals surface area (Å²) in [5.74, 6) is 6.34. The second-order valence-electron chi connectivity index (χ2n) is 7.24. The van der Waals surface area contributed by atoms with Crippen molar-refractivity contribution in [2.24, 2.45) is 0 Å². The number of nitrogen functional groups attached to an aromatic ring is 1. The molecule has 3 N–H and O–H groups in total. The van der Waals surface area contributed by atoms with Crippen LogP contribution < -0.4 is 11.2 Å². The van der Waals surface area contributed by atoms with Gasteiger partial charge in [0.2, 0.25) is 5.91 Å². The van der Waals surface area contributed by atoms with Crippen molar-refractivity contribution in [3.8, 4) is 11.3 Å². The summed E-state index contributed by atoms with van der Waals surface area (Å²) in [6.07, 6.45) is 2.76. The van der Waals surface area contributed by atoms with E-state index in [0.717, 1.165) is 37.3 Å². The molecular formula is C22H25N5OS. The predicted octanol–water partition coefficient (Wildman–Crippen LogP) is 2.75. The first kappa shape index (κ1) is 19.5. The number of imidazole rings is 1. The molecule has 3 aromatic rings. The number of nitrogens with two attached hydrogens (primary N) is 1. The van der Waals surface area contributed by atoms with Gasteiger partial charge in [-0.1, -0.05) is 72.4 Å². The van der Waals surface area contributed by atoms with Gasteiger partial charge < -0.3 is 11.2 Å². The number of likely N-dealkylation sites (tertiary alicyclic amines) is 1. The Morgan fingerprint density at radius 3 is 2.62 bits per heavy atom. The van der Waals surface area contributed by atoms with Crippen LogP contribution in [0.5, 0.6) is 0 Å². The monoisotopic (exact) mass is 407 g/mol. The summed E-state index contributed by atoms with van der Waals surface area (Å²) in [6, 6.07) is 20.5. The van der Waals surface area contributed by atoms with Crippen LogP contribution in [0.15, 0.2) is 72.0 Å². The van der Waals surface area contributed by atoms with Crippen molar-refractivity contribution in [1.82, 2.24) is 19.9 Å². The Kier molecular flexibility index (Phi) is 6.17. The van der Waals surface area contributed by atoms with Crippen molar-refractivity contribution in [2.45, 2.75) is 24.2 Å². The molecule has 1 saturated heterocycles. The van der Waals surface area contributed by atoms with Gasteiger partial charge in [-0.15, -0.1) is 0 Å². The van der Waals surface area contributed by atoms with Crippen molar-refractivity contribution in [3.63, 3.8) is 0 Å². The van der Waals surface area contributed by atoms with Crippen molar-refractivity contribution in [2.75, 3.05) is 24.7 Å². The van der Waals surface area contributed by atoms with Crippen LogP contribution in [0.2, 0.25) is 0 Å². The van der Waals surface area contributed by atoms with Gasteiger partial charge in [0.1, 0.15) is 0 Å². The lowest BCUT2D eigenvalue weighted by Crippen LogP contribution is -2.38. The number of amides is 1. The third kappa shape index (κ3) is 5.19. The molecule has 150 valence electrons. The largest absolute Gasteiger partial charge is 0.351 e. The highest BCUT2D eigenvalue weighted by Gasteiger charge is 2.24. The maximum absolute atomic E-state index is 12.4. The highest BCUT2D eigenvalue weighted by Crippen LogP contribution is 2.22. The number of aromatic nitrogens is 2. The number of carbonyl (C=O) groups is 1. The number of nitrogens with zero attached hydrogens (tertiary/aromatic N) is 3. The van der Waals surface area contributed by atoms with Crippen molar-refractivity contribution < 1.29 is 4.79 Å². The number of hydrogen-bond donors (Lipinski definition) is 2. The van der Waals surface area contributed by atoms with E-state index in [0.29, 0.717) is 10.9 Å². The summed E-state index contributed by atoms with van der Waals surface area (Å²) in [5.41, 5.74) is 3.12. The molecule has 1 amide bonds. The quantitative estimate of drug-likeness (QED) is 0.465. The Hall–Kier alpha value is -2.77. The van der Waals surface area contributed by atoms with E-state index in [4.69, 9.17) is 5.84 Å². The van der Waals surface area contributed by atoms with E-state index in [2.05, 4.69) is 39.5 Å². The second kappa shape index (κ2) is 9.15. The summed E-state index contributed by atoms with van der Waals surface area (Å²) >= 11 is 1.36. The standard InChI is InChI=1S/C22H25N5OS/c23-27-15-20(18-9-5-2-6-10-18)25-22(27)29-16-21(28)24-19-11-12-26(14-19)13-17-7-3-1-4-8-17/h1-10,15,19H,11-14,16,23H2,(H,24,28). The number of thioether (sulfide) groups is 1. The number of rotatable bonds is 7. The summed E-state index contributed by atoms with van der Waals surface area (Å²) in [7, 11) is 0. The van der Waals surface area contributed by atoms with Crippen LogP contribution in [-0.2, 0) is 11.3 Å². The van der Waals surface area contributed by atoms with E-state index >= 15 is 0 Å². The summed E-state index contributed by atoms with van der Waals surface area (Å²) in [4.78, 5) is 19.3. The Bertz CT molecular complexity index is 944. The van der Waals surface area contributed by atoms with Crippen molar-refractivity contribution in [3.05, 3.63) is 72.4 Å². The van der Waals surface area contributed by atoms with E-state index in [-0.39, 0.29) is 11.9 Å². The molecular weight excluding hydrogens is 382 g/mol. The Morgan fingerprint density at radius 1 is 1.14 bits per heavy atom. The van der Waals surface area contributed by atoms with E-state index in [1.807, 2.05) is 36.4 Å². The number of nitrogens with one attached hydrogen (secondary N) is 1. The molecule has 6 nitrogen and oxygen atoms in total. The Morgan fingerprint density at radius 2 is 1.86 bits per heavy atom. The highest BCUT2D eigenvalue weighted by molar-refractivity contribution is 7.99. The Labute approximate surface area is 175 Å². The number of hydrogen-bond acceptors (Lipinski definition) is 5. The molecule has 1 aromatic heterocycles. The average Bonchev–Trinajstić information content (AvgIpc) is 3.34. The van der Waals surface area contributed by atoms with Gasteiger partial charge in [-0.05, 0) is 12.0 Å². The molecule has 1 atom stereocenters. The maximum atomic E-state index is 12.4. The van der Waals surface area contributed by atoms with E-state index in [1.165, 1.54) is 22.0 Å². The van der Waals surface area contributed by atoms with Crippen LogP contribution in [0.1, 0.15) is 12.0 Å². The first-order valence-electron chi connectivity index (χ1n) is 9.76. The molecule has 0 bridgehead atoms. The fraction of sp³-hybridized carbons (Fsp3) is 0.273. The van der Waals surface area contributed by atoms with Gasteiger partial charge in [0.05, 0.1) is 17.6 Å². The zero-order valence-electron chi connectivity index (χ0n) is 16.2. The lowest BCUT2D eigenvalue weighted by Gasteiger charge is -2.16. The third-order valence-corrected chi connectivity index (χ3v) is 5.95. The minimum Gasteiger partial charge on any atom is -0.351 e. The van der Waals surface area contributed by atoms with Crippen LogP contribution in [0.3, 0.4) is 0 Å². The minimum atomic E-state index is 0.0193. The first-order valence-corrected chi connectivity index (χ1v) is 10.7. The lowest BCUT2D eigenvalue weighted by atomic mass is 10.2. The first-order chi connectivity index (χ1) is 14.2. The van der Waals surface area contributed by atoms with Gasteiger partial charge in [-0.25, -0.2) is 9.66 Å². The minimum absolute atomic E-state index is 0.0193. The van der Waals surface area contributed by atoms with Gasteiger partial charge in [0.15, 0.2) is 5.16 Å². The predicted molar refractivity (Wildman–Crippen MR) is 117 cm³/mol. The fourth-order valence-electron chi connectivity index (χ4n) is 3.57. The van der Waals surface area contributed by atoms with Crippen molar-refractivity contribution >= 4 is 17.7 Å².